The first-order valence-electron chi connectivity index (χ1n) is 8.74. The summed E-state index contributed by atoms with van der Waals surface area (Å²) in [5, 5.41) is 7.07. The molecular weight excluding hydrogens is 328 g/mol. The van der Waals surface area contributed by atoms with Gasteiger partial charge in [-0.25, -0.2) is 4.79 Å². The van der Waals surface area contributed by atoms with Crippen LogP contribution < -0.4 is 5.32 Å². The molecule has 132 valence electrons. The van der Waals surface area contributed by atoms with E-state index in [2.05, 4.69) is 15.5 Å². The fourth-order valence-corrected chi connectivity index (χ4v) is 3.24. The van der Waals surface area contributed by atoms with Crippen molar-refractivity contribution in [1.82, 2.24) is 15.0 Å². The van der Waals surface area contributed by atoms with Crippen molar-refractivity contribution in [3.8, 4) is 11.4 Å². The molecule has 2 heterocycles. The second-order valence-electron chi connectivity index (χ2n) is 6.42. The summed E-state index contributed by atoms with van der Waals surface area (Å²) < 4.78 is 5.47. The maximum atomic E-state index is 12.8. The summed E-state index contributed by atoms with van der Waals surface area (Å²) in [4.78, 5) is 19.0. The Bertz CT molecular complexity index is 907. The predicted molar refractivity (Wildman–Crippen MR) is 98.6 cm³/mol. The zero-order valence-electron chi connectivity index (χ0n) is 14.6. The lowest BCUT2D eigenvalue weighted by Gasteiger charge is -2.22. The predicted octanol–water partition coefficient (Wildman–Crippen LogP) is 4.41. The molecule has 1 atom stereocenters. The van der Waals surface area contributed by atoms with Crippen molar-refractivity contribution in [2.75, 3.05) is 11.9 Å². The van der Waals surface area contributed by atoms with Gasteiger partial charge in [0.15, 0.2) is 0 Å². The lowest BCUT2D eigenvalue weighted by atomic mass is 10.2. The number of benzene rings is 2. The summed E-state index contributed by atoms with van der Waals surface area (Å²) in [5.41, 5.74) is 2.75. The molecule has 0 unspecified atom stereocenters. The first kappa shape index (κ1) is 16.3. The molecule has 1 aromatic heterocycles. The fourth-order valence-electron chi connectivity index (χ4n) is 3.24. The molecule has 0 aliphatic carbocycles. The second kappa shape index (κ2) is 7.00. The van der Waals surface area contributed by atoms with Gasteiger partial charge in [-0.05, 0) is 31.4 Å². The van der Waals surface area contributed by atoms with E-state index in [-0.39, 0.29) is 12.1 Å². The third kappa shape index (κ3) is 3.18. The van der Waals surface area contributed by atoms with Crippen LogP contribution in [-0.2, 0) is 0 Å². The minimum atomic E-state index is -0.191. The molecule has 0 saturated carbocycles. The van der Waals surface area contributed by atoms with Crippen LogP contribution in [0.3, 0.4) is 0 Å². The van der Waals surface area contributed by atoms with Gasteiger partial charge in [0.05, 0.1) is 0 Å². The molecule has 1 fully saturated rings. The highest BCUT2D eigenvalue weighted by Gasteiger charge is 2.34. The van der Waals surface area contributed by atoms with Crippen LogP contribution in [-0.4, -0.2) is 27.6 Å². The summed E-state index contributed by atoms with van der Waals surface area (Å²) in [5.74, 6) is 1.04. The molecule has 1 aliphatic rings. The third-order valence-corrected chi connectivity index (χ3v) is 4.66. The highest BCUT2D eigenvalue weighted by Crippen LogP contribution is 2.32. The Kier molecular flexibility index (Phi) is 4.39. The molecule has 3 aromatic rings. The van der Waals surface area contributed by atoms with Gasteiger partial charge in [-0.3, -0.25) is 0 Å². The molecular formula is C20H20N4O2. The normalized spacial score (nSPS) is 16.7. The van der Waals surface area contributed by atoms with Crippen molar-refractivity contribution < 1.29 is 9.32 Å². The van der Waals surface area contributed by atoms with Crippen LogP contribution in [0.15, 0.2) is 59.1 Å². The zero-order valence-corrected chi connectivity index (χ0v) is 14.6. The minimum Gasteiger partial charge on any atom is -0.337 e. The molecule has 2 aromatic carbocycles. The van der Waals surface area contributed by atoms with Gasteiger partial charge >= 0.3 is 6.03 Å². The number of urea groups is 1. The molecule has 26 heavy (non-hydrogen) atoms. The molecule has 0 bridgehead atoms. The van der Waals surface area contributed by atoms with Crippen LogP contribution >= 0.6 is 0 Å². The van der Waals surface area contributed by atoms with Gasteiger partial charge in [0.1, 0.15) is 6.04 Å². The minimum absolute atomic E-state index is 0.138. The Labute approximate surface area is 151 Å². The Balaban J connectivity index is 1.53. The van der Waals surface area contributed by atoms with Crippen molar-refractivity contribution in [2.45, 2.75) is 25.8 Å². The molecule has 2 amide bonds. The van der Waals surface area contributed by atoms with Crippen LogP contribution in [0, 0.1) is 6.92 Å². The molecule has 6 nitrogen and oxygen atoms in total. The van der Waals surface area contributed by atoms with Gasteiger partial charge in [-0.1, -0.05) is 53.7 Å². The van der Waals surface area contributed by atoms with E-state index in [1.54, 1.807) is 4.90 Å². The van der Waals surface area contributed by atoms with E-state index in [4.69, 9.17) is 4.52 Å². The average Bonchev–Trinajstić information content (AvgIpc) is 3.33. The molecule has 1 aliphatic heterocycles. The molecule has 0 radical (unpaired) electrons. The van der Waals surface area contributed by atoms with E-state index >= 15 is 0 Å². The number of carbonyl (C=O) groups is 1. The SMILES string of the molecule is Cc1ccccc1NC(=O)N1CCC[C@H]1c1nc(-c2ccccc2)no1. The number of carbonyl (C=O) groups excluding carboxylic acids is 1. The van der Waals surface area contributed by atoms with Crippen LogP contribution in [0.25, 0.3) is 11.4 Å². The number of hydrogen-bond acceptors (Lipinski definition) is 4. The smallest absolute Gasteiger partial charge is 0.322 e. The van der Waals surface area contributed by atoms with Crippen molar-refractivity contribution >= 4 is 11.7 Å². The Hall–Kier alpha value is -3.15. The zero-order chi connectivity index (χ0) is 17.9. The molecule has 6 heteroatoms. The van der Waals surface area contributed by atoms with Crippen LogP contribution in [0.2, 0.25) is 0 Å². The number of aryl methyl sites for hydroxylation is 1. The maximum Gasteiger partial charge on any atom is 0.322 e. The van der Waals surface area contributed by atoms with Crippen molar-refractivity contribution in [1.29, 1.82) is 0 Å². The van der Waals surface area contributed by atoms with Gasteiger partial charge in [0, 0.05) is 17.8 Å². The van der Waals surface area contributed by atoms with E-state index in [1.165, 1.54) is 0 Å². The van der Waals surface area contributed by atoms with Gasteiger partial charge in [-0.2, -0.15) is 4.98 Å². The number of likely N-dealkylation sites (tertiary alicyclic amines) is 1. The Morgan fingerprint density at radius 1 is 1.15 bits per heavy atom. The highest BCUT2D eigenvalue weighted by molar-refractivity contribution is 5.90. The summed E-state index contributed by atoms with van der Waals surface area (Å²) in [6.45, 7) is 2.65. The van der Waals surface area contributed by atoms with Crippen molar-refractivity contribution in [2.24, 2.45) is 0 Å². The van der Waals surface area contributed by atoms with E-state index in [0.717, 1.165) is 29.7 Å². The Morgan fingerprint density at radius 3 is 2.73 bits per heavy atom. The second-order valence-corrected chi connectivity index (χ2v) is 6.42. The third-order valence-electron chi connectivity index (χ3n) is 4.66. The number of rotatable bonds is 3. The van der Waals surface area contributed by atoms with E-state index in [0.29, 0.717) is 18.3 Å². The maximum absolute atomic E-state index is 12.8. The quantitative estimate of drug-likeness (QED) is 0.761. The van der Waals surface area contributed by atoms with Crippen LogP contribution in [0.5, 0.6) is 0 Å². The average molecular weight is 348 g/mol. The summed E-state index contributed by atoms with van der Waals surface area (Å²) in [6, 6.07) is 17.1. The highest BCUT2D eigenvalue weighted by atomic mass is 16.5. The number of para-hydroxylation sites is 1. The molecule has 1 N–H and O–H groups in total. The lowest BCUT2D eigenvalue weighted by Crippen LogP contribution is -2.34. The first-order chi connectivity index (χ1) is 12.7. The summed E-state index contributed by atoms with van der Waals surface area (Å²) >= 11 is 0. The monoisotopic (exact) mass is 348 g/mol. The van der Waals surface area contributed by atoms with Gasteiger partial charge < -0.3 is 14.7 Å². The van der Waals surface area contributed by atoms with Crippen molar-refractivity contribution in [3.63, 3.8) is 0 Å². The summed E-state index contributed by atoms with van der Waals surface area (Å²) in [6.07, 6.45) is 1.73. The number of nitrogens with zero attached hydrogens (tertiary/aromatic N) is 3. The lowest BCUT2D eigenvalue weighted by molar-refractivity contribution is 0.193. The van der Waals surface area contributed by atoms with E-state index in [1.807, 2.05) is 61.5 Å². The largest absolute Gasteiger partial charge is 0.337 e. The van der Waals surface area contributed by atoms with Crippen molar-refractivity contribution in [3.05, 3.63) is 66.1 Å². The number of anilines is 1. The van der Waals surface area contributed by atoms with Crippen LogP contribution in [0.1, 0.15) is 30.3 Å². The number of aromatic nitrogens is 2. The van der Waals surface area contributed by atoms with E-state index < -0.39 is 0 Å². The topological polar surface area (TPSA) is 71.3 Å². The number of amides is 2. The standard InChI is InChI=1S/C20H20N4O2/c1-14-8-5-6-11-16(14)21-20(25)24-13-7-12-17(24)19-22-18(23-26-19)15-9-3-2-4-10-15/h2-6,8-11,17H,7,12-13H2,1H3,(H,21,25)/t17-/m0/s1. The van der Waals surface area contributed by atoms with E-state index in [9.17, 15) is 4.79 Å². The number of nitrogens with one attached hydrogen (secondary N) is 1. The summed E-state index contributed by atoms with van der Waals surface area (Å²) in [7, 11) is 0. The number of hydrogen-bond donors (Lipinski definition) is 1. The molecule has 0 spiro atoms. The van der Waals surface area contributed by atoms with Gasteiger partial charge in [0.25, 0.3) is 0 Å². The van der Waals surface area contributed by atoms with Gasteiger partial charge in [-0.15, -0.1) is 0 Å². The molecule has 4 rings (SSSR count). The van der Waals surface area contributed by atoms with Gasteiger partial charge in [0.2, 0.25) is 11.7 Å². The Morgan fingerprint density at radius 2 is 1.92 bits per heavy atom. The first-order valence-corrected chi connectivity index (χ1v) is 8.74. The molecule has 1 saturated heterocycles. The fraction of sp³-hybridized carbons (Fsp3) is 0.250. The van der Waals surface area contributed by atoms with Crippen LogP contribution in [0.4, 0.5) is 10.5 Å².